The van der Waals surface area contributed by atoms with Crippen LogP contribution in [0.1, 0.15) is 46.8 Å². The smallest absolute Gasteiger partial charge is 0.354 e. The van der Waals surface area contributed by atoms with Gasteiger partial charge in [0.25, 0.3) is 5.91 Å². The fourth-order valence-corrected chi connectivity index (χ4v) is 2.22. The average molecular weight is 312 g/mol. The molecule has 0 saturated heterocycles. The van der Waals surface area contributed by atoms with Gasteiger partial charge in [-0.15, -0.1) is 0 Å². The predicted octanol–water partition coefficient (Wildman–Crippen LogP) is 2.92. The molecule has 0 saturated carbocycles. The van der Waals surface area contributed by atoms with Gasteiger partial charge in [0.1, 0.15) is 11.4 Å². The first-order chi connectivity index (χ1) is 10.9. The van der Waals surface area contributed by atoms with E-state index in [1.54, 1.807) is 0 Å². The molecule has 1 heterocycles. The monoisotopic (exact) mass is 312 g/mol. The van der Waals surface area contributed by atoms with E-state index in [0.29, 0.717) is 0 Å². The number of carbonyl (C=O) groups excluding carboxylic acids is 1. The third-order valence-corrected chi connectivity index (χ3v) is 3.53. The topological polar surface area (TPSA) is 79.3 Å². The van der Waals surface area contributed by atoms with Crippen molar-refractivity contribution in [2.24, 2.45) is 0 Å². The maximum absolute atomic E-state index is 12.3. The lowest BCUT2D eigenvalue weighted by Gasteiger charge is -2.26. The second-order valence-corrected chi connectivity index (χ2v) is 6.04. The molecule has 0 bridgehead atoms. The molecule has 1 aromatic heterocycles. The number of pyridine rings is 1. The van der Waals surface area contributed by atoms with Gasteiger partial charge in [-0.2, -0.15) is 0 Å². The molecule has 23 heavy (non-hydrogen) atoms. The van der Waals surface area contributed by atoms with Crippen LogP contribution in [0.2, 0.25) is 0 Å². The Bertz CT molecular complexity index is 696. The summed E-state index contributed by atoms with van der Waals surface area (Å²) in [6.45, 7) is 3.88. The van der Waals surface area contributed by atoms with Crippen LogP contribution in [0.3, 0.4) is 0 Å². The zero-order chi connectivity index (χ0) is 16.9. The zero-order valence-corrected chi connectivity index (χ0v) is 13.2. The third-order valence-electron chi connectivity index (χ3n) is 3.53. The Balaban J connectivity index is 2.00. The van der Waals surface area contributed by atoms with Crippen molar-refractivity contribution >= 4 is 11.9 Å². The number of hydrogen-bond acceptors (Lipinski definition) is 3. The molecular weight excluding hydrogens is 292 g/mol. The van der Waals surface area contributed by atoms with Crippen molar-refractivity contribution in [2.45, 2.75) is 32.2 Å². The van der Waals surface area contributed by atoms with E-state index >= 15 is 0 Å². The van der Waals surface area contributed by atoms with Gasteiger partial charge >= 0.3 is 5.97 Å². The minimum absolute atomic E-state index is 0.109. The van der Waals surface area contributed by atoms with E-state index < -0.39 is 11.5 Å². The van der Waals surface area contributed by atoms with Gasteiger partial charge in [-0.1, -0.05) is 36.4 Å². The van der Waals surface area contributed by atoms with E-state index in [4.69, 9.17) is 5.11 Å². The van der Waals surface area contributed by atoms with Crippen LogP contribution in [-0.2, 0) is 6.42 Å². The lowest BCUT2D eigenvalue weighted by atomic mass is 9.95. The van der Waals surface area contributed by atoms with Crippen LogP contribution >= 0.6 is 0 Å². The molecule has 5 heteroatoms. The SMILES string of the molecule is CC(C)(CCc1ccccc1)NC(=O)c1cccc(C(=O)O)n1. The first kappa shape index (κ1) is 16.7. The molecule has 2 aromatic rings. The second-order valence-electron chi connectivity index (χ2n) is 6.04. The fourth-order valence-electron chi connectivity index (χ4n) is 2.22. The summed E-state index contributed by atoms with van der Waals surface area (Å²) < 4.78 is 0. The summed E-state index contributed by atoms with van der Waals surface area (Å²) in [5, 5.41) is 11.9. The molecule has 0 atom stereocenters. The largest absolute Gasteiger partial charge is 0.477 e. The molecule has 0 aliphatic heterocycles. The zero-order valence-electron chi connectivity index (χ0n) is 13.2. The third kappa shape index (κ3) is 4.92. The number of carboxylic acid groups (broad SMARTS) is 1. The van der Waals surface area contributed by atoms with Crippen LogP contribution in [-0.4, -0.2) is 27.5 Å². The maximum atomic E-state index is 12.3. The number of carboxylic acids is 1. The van der Waals surface area contributed by atoms with Crippen molar-refractivity contribution in [1.82, 2.24) is 10.3 Å². The molecule has 2 rings (SSSR count). The standard InChI is InChI=1S/C18H20N2O3/c1-18(2,12-11-13-7-4-3-5-8-13)20-16(21)14-9-6-10-15(19-14)17(22)23/h3-10H,11-12H2,1-2H3,(H,20,21)(H,22,23). The highest BCUT2D eigenvalue weighted by Gasteiger charge is 2.22. The Hall–Kier alpha value is -2.69. The van der Waals surface area contributed by atoms with Crippen LogP contribution in [0.15, 0.2) is 48.5 Å². The Morgan fingerprint density at radius 3 is 2.35 bits per heavy atom. The lowest BCUT2D eigenvalue weighted by Crippen LogP contribution is -2.44. The average Bonchev–Trinajstić information content (AvgIpc) is 2.54. The molecule has 0 fully saturated rings. The molecule has 0 aliphatic rings. The molecular formula is C18H20N2O3. The summed E-state index contributed by atoms with van der Waals surface area (Å²) in [5.74, 6) is -1.52. The number of carbonyl (C=O) groups is 2. The van der Waals surface area contributed by atoms with E-state index in [9.17, 15) is 9.59 Å². The van der Waals surface area contributed by atoms with Gasteiger partial charge in [-0.25, -0.2) is 9.78 Å². The first-order valence-corrected chi connectivity index (χ1v) is 7.44. The van der Waals surface area contributed by atoms with Gasteiger partial charge in [-0.05, 0) is 44.4 Å². The van der Waals surface area contributed by atoms with E-state index in [1.807, 2.05) is 32.0 Å². The van der Waals surface area contributed by atoms with Gasteiger partial charge in [0.15, 0.2) is 0 Å². The van der Waals surface area contributed by atoms with Crippen molar-refractivity contribution in [1.29, 1.82) is 0 Å². The molecule has 0 spiro atoms. The minimum atomic E-state index is -1.15. The van der Waals surface area contributed by atoms with Gasteiger partial charge in [0.2, 0.25) is 0 Å². The van der Waals surface area contributed by atoms with Crippen LogP contribution in [0.4, 0.5) is 0 Å². The fraction of sp³-hybridized carbons (Fsp3) is 0.278. The Morgan fingerprint density at radius 2 is 1.70 bits per heavy atom. The number of amides is 1. The second kappa shape index (κ2) is 7.05. The number of hydrogen-bond donors (Lipinski definition) is 2. The highest BCUT2D eigenvalue weighted by atomic mass is 16.4. The van der Waals surface area contributed by atoms with Crippen molar-refractivity contribution in [3.05, 3.63) is 65.5 Å². The van der Waals surface area contributed by atoms with E-state index in [1.165, 1.54) is 23.8 Å². The van der Waals surface area contributed by atoms with Gasteiger partial charge in [0.05, 0.1) is 0 Å². The molecule has 1 amide bonds. The van der Waals surface area contributed by atoms with Gasteiger partial charge < -0.3 is 10.4 Å². The maximum Gasteiger partial charge on any atom is 0.354 e. The molecule has 120 valence electrons. The quantitative estimate of drug-likeness (QED) is 0.859. The van der Waals surface area contributed by atoms with E-state index in [0.717, 1.165) is 12.8 Å². The molecule has 0 unspecified atom stereocenters. The van der Waals surface area contributed by atoms with Gasteiger partial charge in [-0.3, -0.25) is 4.79 Å². The van der Waals surface area contributed by atoms with Crippen molar-refractivity contribution < 1.29 is 14.7 Å². The predicted molar refractivity (Wildman–Crippen MR) is 87.5 cm³/mol. The number of rotatable bonds is 6. The summed E-state index contributed by atoms with van der Waals surface area (Å²) in [5.41, 5.74) is 0.756. The number of benzene rings is 1. The van der Waals surface area contributed by atoms with E-state index in [-0.39, 0.29) is 17.3 Å². The highest BCUT2D eigenvalue weighted by molar-refractivity contribution is 5.94. The molecule has 2 N–H and O–H groups in total. The molecule has 5 nitrogen and oxygen atoms in total. The van der Waals surface area contributed by atoms with Crippen LogP contribution < -0.4 is 5.32 Å². The summed E-state index contributed by atoms with van der Waals surface area (Å²) in [7, 11) is 0. The number of nitrogens with zero attached hydrogens (tertiary/aromatic N) is 1. The number of nitrogens with one attached hydrogen (secondary N) is 1. The Labute approximate surface area is 135 Å². The summed E-state index contributed by atoms with van der Waals surface area (Å²) in [4.78, 5) is 27.1. The molecule has 1 aromatic carbocycles. The number of aromatic nitrogens is 1. The molecule has 0 radical (unpaired) electrons. The highest BCUT2D eigenvalue weighted by Crippen LogP contribution is 2.14. The lowest BCUT2D eigenvalue weighted by molar-refractivity contribution is 0.0690. The number of aryl methyl sites for hydroxylation is 1. The van der Waals surface area contributed by atoms with Crippen molar-refractivity contribution in [3.63, 3.8) is 0 Å². The Morgan fingerprint density at radius 1 is 1.04 bits per heavy atom. The van der Waals surface area contributed by atoms with Crippen LogP contribution in [0.5, 0.6) is 0 Å². The van der Waals surface area contributed by atoms with Crippen LogP contribution in [0, 0.1) is 0 Å². The summed E-state index contributed by atoms with van der Waals surface area (Å²) in [6, 6.07) is 14.4. The van der Waals surface area contributed by atoms with Crippen molar-refractivity contribution in [2.75, 3.05) is 0 Å². The van der Waals surface area contributed by atoms with E-state index in [2.05, 4.69) is 22.4 Å². The molecule has 0 aliphatic carbocycles. The Kier molecular flexibility index (Phi) is 5.11. The summed E-state index contributed by atoms with van der Waals surface area (Å²) >= 11 is 0. The minimum Gasteiger partial charge on any atom is -0.477 e. The van der Waals surface area contributed by atoms with Crippen molar-refractivity contribution in [3.8, 4) is 0 Å². The number of aromatic carboxylic acids is 1. The first-order valence-electron chi connectivity index (χ1n) is 7.44. The van der Waals surface area contributed by atoms with Gasteiger partial charge in [0, 0.05) is 5.54 Å². The normalized spacial score (nSPS) is 11.0. The van der Waals surface area contributed by atoms with Crippen LogP contribution in [0.25, 0.3) is 0 Å². The summed E-state index contributed by atoms with van der Waals surface area (Å²) in [6.07, 6.45) is 1.61.